The van der Waals surface area contributed by atoms with Crippen LogP contribution in [0.4, 0.5) is 0 Å². The van der Waals surface area contributed by atoms with Gasteiger partial charge in [-0.25, -0.2) is 0 Å². The fourth-order valence-corrected chi connectivity index (χ4v) is 2.79. The van der Waals surface area contributed by atoms with Crippen molar-refractivity contribution in [3.05, 3.63) is 29.0 Å². The van der Waals surface area contributed by atoms with Gasteiger partial charge < -0.3 is 4.90 Å². The fraction of sp³-hybridized carbons (Fsp3) is 0.571. The Morgan fingerprint density at radius 3 is 2.78 bits per heavy atom. The molecule has 0 aromatic carbocycles. The Labute approximate surface area is 113 Å². The lowest BCUT2D eigenvalue weighted by Crippen LogP contribution is -2.41. The molecule has 0 saturated heterocycles. The largest absolute Gasteiger partial charge is 0.335 e. The first kappa shape index (κ1) is 13.3. The molecule has 1 aliphatic rings. The van der Waals surface area contributed by atoms with Crippen LogP contribution in [0.2, 0.25) is 5.02 Å². The molecule has 0 bridgehead atoms. The number of rotatable bonds is 3. The SMILES string of the molecule is CCN(C(=O)c1cc(Cl)ccn1)C1CCCCC1. The summed E-state index contributed by atoms with van der Waals surface area (Å²) < 4.78 is 0. The van der Waals surface area contributed by atoms with Gasteiger partial charge in [-0.3, -0.25) is 9.78 Å². The Hall–Kier alpha value is -1.09. The number of carbonyl (C=O) groups excluding carboxylic acids is 1. The van der Waals surface area contributed by atoms with E-state index in [1.807, 2.05) is 11.8 Å². The molecule has 18 heavy (non-hydrogen) atoms. The molecule has 4 heteroatoms. The Morgan fingerprint density at radius 1 is 1.44 bits per heavy atom. The van der Waals surface area contributed by atoms with E-state index in [-0.39, 0.29) is 5.91 Å². The molecule has 0 N–H and O–H groups in total. The Bertz CT molecular complexity index is 416. The second-order valence-corrected chi connectivity index (χ2v) is 5.18. The minimum absolute atomic E-state index is 0.00639. The van der Waals surface area contributed by atoms with Crippen molar-refractivity contribution in [2.75, 3.05) is 6.54 Å². The van der Waals surface area contributed by atoms with Crippen molar-refractivity contribution in [1.29, 1.82) is 0 Å². The van der Waals surface area contributed by atoms with Gasteiger partial charge in [0.05, 0.1) is 0 Å². The van der Waals surface area contributed by atoms with Gasteiger partial charge in [-0.05, 0) is 31.9 Å². The number of carbonyl (C=O) groups is 1. The van der Waals surface area contributed by atoms with Crippen molar-refractivity contribution in [3.8, 4) is 0 Å². The number of halogens is 1. The molecule has 0 spiro atoms. The monoisotopic (exact) mass is 266 g/mol. The first-order valence-electron chi connectivity index (χ1n) is 6.65. The van der Waals surface area contributed by atoms with Gasteiger partial charge >= 0.3 is 0 Å². The minimum atomic E-state index is 0.00639. The highest BCUT2D eigenvalue weighted by Gasteiger charge is 2.25. The summed E-state index contributed by atoms with van der Waals surface area (Å²) in [6.07, 6.45) is 7.54. The van der Waals surface area contributed by atoms with E-state index >= 15 is 0 Å². The van der Waals surface area contributed by atoms with Crippen LogP contribution in [-0.4, -0.2) is 28.4 Å². The molecule has 1 saturated carbocycles. The molecule has 0 radical (unpaired) electrons. The predicted molar refractivity (Wildman–Crippen MR) is 72.8 cm³/mol. The van der Waals surface area contributed by atoms with Crippen molar-refractivity contribution in [2.45, 2.75) is 45.1 Å². The van der Waals surface area contributed by atoms with Crippen molar-refractivity contribution in [3.63, 3.8) is 0 Å². The highest BCUT2D eigenvalue weighted by Crippen LogP contribution is 2.23. The van der Waals surface area contributed by atoms with Crippen LogP contribution in [0.25, 0.3) is 0 Å². The van der Waals surface area contributed by atoms with Crippen LogP contribution in [0, 0.1) is 0 Å². The topological polar surface area (TPSA) is 33.2 Å². The van der Waals surface area contributed by atoms with Gasteiger partial charge in [0.2, 0.25) is 0 Å². The molecule has 1 aliphatic carbocycles. The van der Waals surface area contributed by atoms with Gasteiger partial charge in [0.25, 0.3) is 5.91 Å². The fourth-order valence-electron chi connectivity index (χ4n) is 2.63. The van der Waals surface area contributed by atoms with E-state index in [0.29, 0.717) is 16.8 Å². The van der Waals surface area contributed by atoms with E-state index < -0.39 is 0 Å². The van der Waals surface area contributed by atoms with Gasteiger partial charge in [-0.15, -0.1) is 0 Å². The van der Waals surface area contributed by atoms with Gasteiger partial charge in [0.15, 0.2) is 0 Å². The van der Waals surface area contributed by atoms with E-state index in [9.17, 15) is 4.79 Å². The summed E-state index contributed by atoms with van der Waals surface area (Å²) in [4.78, 5) is 18.5. The molecule has 2 rings (SSSR count). The molecule has 3 nitrogen and oxygen atoms in total. The normalized spacial score (nSPS) is 16.6. The first-order valence-corrected chi connectivity index (χ1v) is 7.02. The second kappa shape index (κ2) is 6.19. The second-order valence-electron chi connectivity index (χ2n) is 4.74. The zero-order valence-electron chi connectivity index (χ0n) is 10.7. The predicted octanol–water partition coefficient (Wildman–Crippen LogP) is 3.53. The number of pyridine rings is 1. The molecule has 0 unspecified atom stereocenters. The van der Waals surface area contributed by atoms with Gasteiger partial charge in [0.1, 0.15) is 5.69 Å². The molecule has 98 valence electrons. The van der Waals surface area contributed by atoms with Crippen LogP contribution >= 0.6 is 11.6 Å². The van der Waals surface area contributed by atoms with Crippen molar-refractivity contribution in [2.24, 2.45) is 0 Å². The van der Waals surface area contributed by atoms with Crippen LogP contribution < -0.4 is 0 Å². The molecular formula is C14H19ClN2O. The molecule has 1 aromatic heterocycles. The van der Waals surface area contributed by atoms with E-state index in [1.54, 1.807) is 18.3 Å². The maximum atomic E-state index is 12.4. The molecule has 1 heterocycles. The summed E-state index contributed by atoms with van der Waals surface area (Å²) in [5.74, 6) is 0.00639. The number of hydrogen-bond acceptors (Lipinski definition) is 2. The molecule has 1 amide bonds. The van der Waals surface area contributed by atoms with Gasteiger partial charge in [0, 0.05) is 23.8 Å². The van der Waals surface area contributed by atoms with E-state index in [2.05, 4.69) is 4.98 Å². The van der Waals surface area contributed by atoms with E-state index in [0.717, 1.165) is 19.4 Å². The van der Waals surface area contributed by atoms with Crippen LogP contribution in [0.15, 0.2) is 18.3 Å². The van der Waals surface area contributed by atoms with Crippen LogP contribution in [0.5, 0.6) is 0 Å². The zero-order chi connectivity index (χ0) is 13.0. The summed E-state index contributed by atoms with van der Waals surface area (Å²) in [6.45, 7) is 2.76. The molecule has 0 aliphatic heterocycles. The Morgan fingerprint density at radius 2 is 2.17 bits per heavy atom. The van der Waals surface area contributed by atoms with Gasteiger partial charge in [-0.1, -0.05) is 30.9 Å². The molecular weight excluding hydrogens is 248 g/mol. The summed E-state index contributed by atoms with van der Waals surface area (Å²) in [5.41, 5.74) is 0.454. The highest BCUT2D eigenvalue weighted by atomic mass is 35.5. The lowest BCUT2D eigenvalue weighted by atomic mass is 9.94. The maximum Gasteiger partial charge on any atom is 0.272 e. The molecule has 0 atom stereocenters. The number of amides is 1. The molecule has 1 aromatic rings. The van der Waals surface area contributed by atoms with E-state index in [4.69, 9.17) is 11.6 Å². The summed E-state index contributed by atoms with van der Waals surface area (Å²) in [5, 5.41) is 0.563. The van der Waals surface area contributed by atoms with Crippen molar-refractivity contribution < 1.29 is 4.79 Å². The quantitative estimate of drug-likeness (QED) is 0.839. The summed E-state index contributed by atoms with van der Waals surface area (Å²) in [7, 11) is 0. The third kappa shape index (κ3) is 3.02. The number of nitrogens with zero attached hydrogens (tertiary/aromatic N) is 2. The maximum absolute atomic E-state index is 12.4. The highest BCUT2D eigenvalue weighted by molar-refractivity contribution is 6.30. The Kier molecular flexibility index (Phi) is 4.59. The lowest BCUT2D eigenvalue weighted by molar-refractivity contribution is 0.0642. The lowest BCUT2D eigenvalue weighted by Gasteiger charge is -2.33. The van der Waals surface area contributed by atoms with Crippen molar-refractivity contribution in [1.82, 2.24) is 9.88 Å². The zero-order valence-corrected chi connectivity index (χ0v) is 11.5. The average molecular weight is 267 g/mol. The summed E-state index contributed by atoms with van der Waals surface area (Å²) in [6, 6.07) is 3.71. The van der Waals surface area contributed by atoms with E-state index in [1.165, 1.54) is 19.3 Å². The van der Waals surface area contributed by atoms with Crippen LogP contribution in [0.1, 0.15) is 49.5 Å². The smallest absolute Gasteiger partial charge is 0.272 e. The van der Waals surface area contributed by atoms with Crippen LogP contribution in [-0.2, 0) is 0 Å². The number of aromatic nitrogens is 1. The van der Waals surface area contributed by atoms with Crippen LogP contribution in [0.3, 0.4) is 0 Å². The number of hydrogen-bond donors (Lipinski definition) is 0. The Balaban J connectivity index is 2.14. The standard InChI is InChI=1S/C14H19ClN2O/c1-2-17(12-6-4-3-5-7-12)14(18)13-10-11(15)8-9-16-13/h8-10,12H,2-7H2,1H3. The summed E-state index contributed by atoms with van der Waals surface area (Å²) >= 11 is 5.91. The molecule has 1 fully saturated rings. The van der Waals surface area contributed by atoms with Crippen molar-refractivity contribution >= 4 is 17.5 Å². The van der Waals surface area contributed by atoms with Gasteiger partial charge in [-0.2, -0.15) is 0 Å². The third-order valence-electron chi connectivity index (χ3n) is 3.56. The first-order chi connectivity index (χ1) is 8.72. The minimum Gasteiger partial charge on any atom is -0.335 e. The third-order valence-corrected chi connectivity index (χ3v) is 3.79. The average Bonchev–Trinajstić information content (AvgIpc) is 2.41.